The van der Waals surface area contributed by atoms with Crippen molar-refractivity contribution in [1.29, 1.82) is 0 Å². The number of rotatable bonds is 9. The molecule has 1 aliphatic carbocycles. The van der Waals surface area contributed by atoms with E-state index in [1.807, 2.05) is 37.3 Å². The van der Waals surface area contributed by atoms with Crippen molar-refractivity contribution in [3.05, 3.63) is 88.0 Å². The molecule has 1 heterocycles. The molecule has 0 unspecified atom stereocenters. The molecule has 0 spiro atoms. The lowest BCUT2D eigenvalue weighted by Crippen LogP contribution is -2.06. The molecular formula is C29H29N3O5. The Hall–Kier alpha value is -4.20. The highest BCUT2D eigenvalue weighted by Crippen LogP contribution is 2.36. The highest BCUT2D eigenvalue weighted by molar-refractivity contribution is 5.94. The maximum Gasteiger partial charge on any atom is 0.303 e. The summed E-state index contributed by atoms with van der Waals surface area (Å²) >= 11 is 0. The normalized spacial score (nSPS) is 14.6. The van der Waals surface area contributed by atoms with Gasteiger partial charge < -0.3 is 9.84 Å². The number of nitrogens with zero attached hydrogens (tertiary/aromatic N) is 3. The molecule has 1 saturated carbocycles. The molecule has 1 aliphatic rings. The van der Waals surface area contributed by atoms with E-state index in [-0.39, 0.29) is 18.0 Å². The van der Waals surface area contributed by atoms with Gasteiger partial charge in [0.05, 0.1) is 22.9 Å². The number of hydrogen-bond donors (Lipinski definition) is 1. The summed E-state index contributed by atoms with van der Waals surface area (Å²) in [4.78, 5) is 21.7. The zero-order chi connectivity index (χ0) is 25.9. The predicted octanol–water partition coefficient (Wildman–Crippen LogP) is 6.88. The zero-order valence-electron chi connectivity index (χ0n) is 20.7. The summed E-state index contributed by atoms with van der Waals surface area (Å²) in [7, 11) is 0. The van der Waals surface area contributed by atoms with E-state index in [1.165, 1.54) is 25.0 Å². The highest BCUT2D eigenvalue weighted by Gasteiger charge is 2.23. The molecule has 0 saturated heterocycles. The van der Waals surface area contributed by atoms with Gasteiger partial charge in [0, 0.05) is 23.1 Å². The molecule has 190 valence electrons. The number of non-ortho nitro benzene ring substituents is 1. The molecule has 37 heavy (non-hydrogen) atoms. The predicted molar refractivity (Wildman–Crippen MR) is 141 cm³/mol. The van der Waals surface area contributed by atoms with Crippen LogP contribution in [0, 0.1) is 10.1 Å². The number of benzene rings is 3. The average molecular weight is 500 g/mol. The van der Waals surface area contributed by atoms with Gasteiger partial charge in [0.15, 0.2) is 0 Å². The Bertz CT molecular complexity index is 1420. The first-order chi connectivity index (χ1) is 17.9. The van der Waals surface area contributed by atoms with Crippen LogP contribution in [0.4, 0.5) is 5.69 Å². The van der Waals surface area contributed by atoms with E-state index < -0.39 is 10.9 Å². The van der Waals surface area contributed by atoms with E-state index >= 15 is 0 Å². The van der Waals surface area contributed by atoms with Gasteiger partial charge in [0.2, 0.25) is 0 Å². The number of fused-ring (bicyclic) bond motifs is 1. The minimum Gasteiger partial charge on any atom is -0.489 e. The quantitative estimate of drug-likeness (QED) is 0.199. The maximum atomic E-state index is 11.1. The molecule has 1 N–H and O–H groups in total. The highest BCUT2D eigenvalue weighted by atomic mass is 16.6. The minimum atomic E-state index is -0.809. The van der Waals surface area contributed by atoms with Gasteiger partial charge in [-0.2, -0.15) is 5.10 Å². The van der Waals surface area contributed by atoms with Crippen LogP contribution in [0.1, 0.15) is 62.1 Å². The number of aromatic nitrogens is 2. The number of hydrogen-bond acceptors (Lipinski definition) is 5. The van der Waals surface area contributed by atoms with Gasteiger partial charge >= 0.3 is 5.97 Å². The second-order valence-corrected chi connectivity index (χ2v) is 9.74. The van der Waals surface area contributed by atoms with Gasteiger partial charge in [-0.1, -0.05) is 44.0 Å². The van der Waals surface area contributed by atoms with Crippen LogP contribution in [-0.2, 0) is 11.4 Å². The summed E-state index contributed by atoms with van der Waals surface area (Å²) < 4.78 is 8.17. The van der Waals surface area contributed by atoms with Crippen molar-refractivity contribution in [1.82, 2.24) is 9.78 Å². The summed E-state index contributed by atoms with van der Waals surface area (Å²) in [6, 6.07) is 20.7. The Morgan fingerprint density at radius 2 is 1.81 bits per heavy atom. The van der Waals surface area contributed by atoms with E-state index in [9.17, 15) is 14.9 Å². The Balaban J connectivity index is 1.39. The fourth-order valence-electron chi connectivity index (χ4n) is 5.09. The zero-order valence-corrected chi connectivity index (χ0v) is 20.7. The molecule has 4 aromatic rings. The molecule has 8 nitrogen and oxygen atoms in total. The third-order valence-electron chi connectivity index (χ3n) is 7.13. The van der Waals surface area contributed by atoms with Crippen LogP contribution in [0.15, 0.2) is 66.7 Å². The van der Waals surface area contributed by atoms with Gasteiger partial charge in [-0.25, -0.2) is 0 Å². The van der Waals surface area contributed by atoms with Crippen molar-refractivity contribution in [3.8, 4) is 17.0 Å². The fraction of sp³-hybridized carbons (Fsp3) is 0.310. The Morgan fingerprint density at radius 3 is 2.46 bits per heavy atom. The number of aliphatic carboxylic acids is 1. The summed E-state index contributed by atoms with van der Waals surface area (Å²) in [5.74, 6) is -0.145. The van der Waals surface area contributed by atoms with Crippen LogP contribution in [0.2, 0.25) is 0 Å². The lowest BCUT2D eigenvalue weighted by atomic mass is 9.98. The van der Waals surface area contributed by atoms with Crippen molar-refractivity contribution in [2.75, 3.05) is 0 Å². The Morgan fingerprint density at radius 1 is 1.11 bits per heavy atom. The molecule has 0 bridgehead atoms. The molecule has 1 aromatic heterocycles. The van der Waals surface area contributed by atoms with Gasteiger partial charge in [-0.05, 0) is 60.2 Å². The Labute approximate surface area is 214 Å². The first-order valence-corrected chi connectivity index (χ1v) is 12.6. The minimum absolute atomic E-state index is 0.0604. The topological polar surface area (TPSA) is 107 Å². The molecule has 1 fully saturated rings. The number of nitro benzene ring substituents is 1. The fourth-order valence-corrected chi connectivity index (χ4v) is 5.09. The van der Waals surface area contributed by atoms with Crippen LogP contribution >= 0.6 is 0 Å². The molecule has 0 aliphatic heterocycles. The van der Waals surface area contributed by atoms with Crippen molar-refractivity contribution < 1.29 is 19.6 Å². The van der Waals surface area contributed by atoms with Crippen LogP contribution in [0.25, 0.3) is 22.2 Å². The van der Waals surface area contributed by atoms with Crippen LogP contribution in [0.5, 0.6) is 5.75 Å². The Kier molecular flexibility index (Phi) is 6.90. The first-order valence-electron chi connectivity index (χ1n) is 12.6. The molecule has 3 aromatic carbocycles. The lowest BCUT2D eigenvalue weighted by Gasteiger charge is -2.13. The second kappa shape index (κ2) is 10.4. The smallest absolute Gasteiger partial charge is 0.303 e. The van der Waals surface area contributed by atoms with Crippen molar-refractivity contribution >= 4 is 22.6 Å². The first kappa shape index (κ1) is 24.5. The maximum absolute atomic E-state index is 11.1. The second-order valence-electron chi connectivity index (χ2n) is 9.74. The standard InChI is InChI=1S/C29H29N3O5/c1-19(16-28(33)34)21-9-13-25(14-10-21)37-18-20-6-15-26-27(17-20)31(23-4-2-3-5-23)30-29(26)22-7-11-24(12-8-22)32(35)36/h6-15,17,19,23H,2-5,16,18H2,1H3,(H,33,34)/t19-/m0/s1. The number of carbonyl (C=O) groups is 1. The van der Waals surface area contributed by atoms with Crippen molar-refractivity contribution in [2.24, 2.45) is 0 Å². The van der Waals surface area contributed by atoms with Crippen LogP contribution < -0.4 is 4.74 Å². The summed E-state index contributed by atoms with van der Waals surface area (Å²) in [6.45, 7) is 2.29. The van der Waals surface area contributed by atoms with E-state index in [0.29, 0.717) is 12.6 Å². The summed E-state index contributed by atoms with van der Waals surface area (Å²) in [5, 5.41) is 26.1. The SMILES string of the molecule is C[C@@H](CC(=O)O)c1ccc(OCc2ccc3c(-c4ccc([N+](=O)[O-])cc4)nn(C4CCCC4)c3c2)cc1. The molecular weight excluding hydrogens is 470 g/mol. The van der Waals surface area contributed by atoms with E-state index in [2.05, 4.69) is 16.8 Å². The lowest BCUT2D eigenvalue weighted by molar-refractivity contribution is -0.384. The molecule has 0 amide bonds. The number of ether oxygens (including phenoxy) is 1. The molecule has 0 radical (unpaired) electrons. The van der Waals surface area contributed by atoms with Crippen molar-refractivity contribution in [3.63, 3.8) is 0 Å². The summed E-state index contributed by atoms with van der Waals surface area (Å²) in [6.07, 6.45) is 4.63. The van der Waals surface area contributed by atoms with Crippen LogP contribution in [0.3, 0.4) is 0 Å². The number of nitro groups is 1. The largest absolute Gasteiger partial charge is 0.489 e. The van der Waals surface area contributed by atoms with Crippen molar-refractivity contribution in [2.45, 2.75) is 57.6 Å². The van der Waals surface area contributed by atoms with E-state index in [0.717, 1.165) is 51.9 Å². The third kappa shape index (κ3) is 5.33. The van der Waals surface area contributed by atoms with E-state index in [4.69, 9.17) is 14.9 Å². The van der Waals surface area contributed by atoms with Gasteiger partial charge in [-0.15, -0.1) is 0 Å². The molecule has 1 atom stereocenters. The molecule has 5 rings (SSSR count). The summed E-state index contributed by atoms with van der Waals surface area (Å²) in [5.41, 5.74) is 4.77. The van der Waals surface area contributed by atoms with Gasteiger partial charge in [0.25, 0.3) is 5.69 Å². The third-order valence-corrected chi connectivity index (χ3v) is 7.13. The van der Waals surface area contributed by atoms with Gasteiger partial charge in [0.1, 0.15) is 18.1 Å². The average Bonchev–Trinajstić information content (AvgIpc) is 3.55. The number of carboxylic acids is 1. The molecule has 8 heteroatoms. The monoisotopic (exact) mass is 499 g/mol. The van der Waals surface area contributed by atoms with Crippen LogP contribution in [-0.4, -0.2) is 25.8 Å². The van der Waals surface area contributed by atoms with E-state index in [1.54, 1.807) is 12.1 Å². The van der Waals surface area contributed by atoms with Gasteiger partial charge in [-0.3, -0.25) is 19.6 Å². The number of carboxylic acid groups (broad SMARTS) is 1.